The van der Waals surface area contributed by atoms with Gasteiger partial charge in [-0.3, -0.25) is 4.79 Å². The van der Waals surface area contributed by atoms with E-state index in [1.54, 1.807) is 12.1 Å². The van der Waals surface area contributed by atoms with Gasteiger partial charge in [-0.25, -0.2) is 4.98 Å². The minimum absolute atomic E-state index is 0.129. The van der Waals surface area contributed by atoms with Crippen molar-refractivity contribution in [2.45, 2.75) is 38.7 Å². The van der Waals surface area contributed by atoms with Crippen LogP contribution in [0, 0.1) is 0 Å². The SMILES string of the molecule is CCc1cc(C(=O)NCC2(C)CCCO2)cc(Cl)n1. The Balaban J connectivity index is 2.01. The van der Waals surface area contributed by atoms with Crippen LogP contribution in [0.3, 0.4) is 0 Å². The van der Waals surface area contributed by atoms with E-state index < -0.39 is 0 Å². The molecule has 104 valence electrons. The summed E-state index contributed by atoms with van der Waals surface area (Å²) in [5.41, 5.74) is 1.14. The predicted octanol–water partition coefficient (Wildman–Crippen LogP) is 2.60. The molecule has 0 bridgehead atoms. The van der Waals surface area contributed by atoms with E-state index in [-0.39, 0.29) is 11.5 Å². The topological polar surface area (TPSA) is 51.2 Å². The largest absolute Gasteiger partial charge is 0.373 e. The van der Waals surface area contributed by atoms with Crippen LogP contribution in [-0.4, -0.2) is 29.6 Å². The van der Waals surface area contributed by atoms with Crippen LogP contribution in [0.15, 0.2) is 12.1 Å². The molecule has 0 saturated carbocycles. The second-order valence-corrected chi connectivity index (χ2v) is 5.50. The van der Waals surface area contributed by atoms with Gasteiger partial charge >= 0.3 is 0 Å². The van der Waals surface area contributed by atoms with Gasteiger partial charge in [0.15, 0.2) is 0 Å². The molecule has 1 fully saturated rings. The van der Waals surface area contributed by atoms with Crippen molar-refractivity contribution >= 4 is 17.5 Å². The molecule has 2 rings (SSSR count). The number of nitrogens with zero attached hydrogens (tertiary/aromatic N) is 1. The molecular formula is C14H19ClN2O2. The van der Waals surface area contributed by atoms with Gasteiger partial charge in [0, 0.05) is 24.4 Å². The number of rotatable bonds is 4. The minimum atomic E-state index is -0.236. The zero-order valence-corrected chi connectivity index (χ0v) is 12.1. The molecule has 1 atom stereocenters. The van der Waals surface area contributed by atoms with E-state index in [1.807, 2.05) is 13.8 Å². The molecule has 1 aliphatic heterocycles. The van der Waals surface area contributed by atoms with E-state index in [0.717, 1.165) is 31.6 Å². The highest BCUT2D eigenvalue weighted by Gasteiger charge is 2.30. The third kappa shape index (κ3) is 3.67. The highest BCUT2D eigenvalue weighted by Crippen LogP contribution is 2.24. The number of carbonyl (C=O) groups excluding carboxylic acids is 1. The second-order valence-electron chi connectivity index (χ2n) is 5.11. The van der Waals surface area contributed by atoms with E-state index in [9.17, 15) is 4.79 Å². The molecule has 19 heavy (non-hydrogen) atoms. The molecule has 4 nitrogen and oxygen atoms in total. The molecule has 1 saturated heterocycles. The maximum absolute atomic E-state index is 12.1. The van der Waals surface area contributed by atoms with Crippen LogP contribution >= 0.6 is 11.6 Å². The molecule has 1 aromatic rings. The van der Waals surface area contributed by atoms with Gasteiger partial charge < -0.3 is 10.1 Å². The molecule has 1 aromatic heterocycles. The summed E-state index contributed by atoms with van der Waals surface area (Å²) in [6.07, 6.45) is 2.78. The number of amides is 1. The first kappa shape index (κ1) is 14.3. The number of aryl methyl sites for hydroxylation is 1. The predicted molar refractivity (Wildman–Crippen MR) is 74.5 cm³/mol. The van der Waals surface area contributed by atoms with Crippen LogP contribution in [0.4, 0.5) is 0 Å². The number of nitrogens with one attached hydrogen (secondary N) is 1. The molecule has 5 heteroatoms. The first-order valence-corrected chi connectivity index (χ1v) is 6.99. The number of carbonyl (C=O) groups is 1. The number of pyridine rings is 1. The molecular weight excluding hydrogens is 264 g/mol. The van der Waals surface area contributed by atoms with E-state index in [2.05, 4.69) is 10.3 Å². The zero-order chi connectivity index (χ0) is 13.9. The highest BCUT2D eigenvalue weighted by atomic mass is 35.5. The molecule has 2 heterocycles. The smallest absolute Gasteiger partial charge is 0.251 e. The van der Waals surface area contributed by atoms with Gasteiger partial charge in [0.2, 0.25) is 0 Å². The summed E-state index contributed by atoms with van der Waals surface area (Å²) in [6, 6.07) is 3.37. The molecule has 0 spiro atoms. The normalized spacial score (nSPS) is 22.5. The average Bonchev–Trinajstić information content (AvgIpc) is 2.82. The molecule has 0 aromatic carbocycles. The van der Waals surface area contributed by atoms with Crippen molar-refractivity contribution in [1.82, 2.24) is 10.3 Å². The maximum atomic E-state index is 12.1. The summed E-state index contributed by atoms with van der Waals surface area (Å²) in [5.74, 6) is -0.129. The molecule has 0 aliphatic carbocycles. The van der Waals surface area contributed by atoms with Crippen molar-refractivity contribution in [3.8, 4) is 0 Å². The van der Waals surface area contributed by atoms with Crippen LogP contribution in [0.5, 0.6) is 0 Å². The quantitative estimate of drug-likeness (QED) is 0.864. The summed E-state index contributed by atoms with van der Waals surface area (Å²) < 4.78 is 5.64. The number of ether oxygens (including phenoxy) is 1. The summed E-state index contributed by atoms with van der Waals surface area (Å²) in [7, 11) is 0. The highest BCUT2D eigenvalue weighted by molar-refractivity contribution is 6.29. The Kier molecular flexibility index (Phi) is 4.42. The second kappa shape index (κ2) is 5.88. The van der Waals surface area contributed by atoms with E-state index >= 15 is 0 Å². The van der Waals surface area contributed by atoms with Crippen LogP contribution in [0.2, 0.25) is 5.15 Å². The average molecular weight is 283 g/mol. The third-order valence-corrected chi connectivity index (χ3v) is 3.59. The Labute approximate surface area is 118 Å². The lowest BCUT2D eigenvalue weighted by atomic mass is 10.0. The Bertz CT molecular complexity index is 471. The van der Waals surface area contributed by atoms with E-state index in [0.29, 0.717) is 17.3 Å². The maximum Gasteiger partial charge on any atom is 0.251 e. The Hall–Kier alpha value is -1.13. The number of hydrogen-bond donors (Lipinski definition) is 1. The van der Waals surface area contributed by atoms with Gasteiger partial charge in [-0.15, -0.1) is 0 Å². The summed E-state index contributed by atoms with van der Waals surface area (Å²) >= 11 is 5.91. The van der Waals surface area contributed by atoms with Crippen molar-refractivity contribution in [3.63, 3.8) is 0 Å². The zero-order valence-electron chi connectivity index (χ0n) is 11.3. The number of hydrogen-bond acceptors (Lipinski definition) is 3. The van der Waals surface area contributed by atoms with Crippen molar-refractivity contribution < 1.29 is 9.53 Å². The van der Waals surface area contributed by atoms with Gasteiger partial charge in [-0.2, -0.15) is 0 Å². The molecule has 1 amide bonds. The van der Waals surface area contributed by atoms with Gasteiger partial charge in [0.05, 0.1) is 5.60 Å². The molecule has 1 N–H and O–H groups in total. The summed E-state index contributed by atoms with van der Waals surface area (Å²) in [6.45, 7) is 5.30. The number of aromatic nitrogens is 1. The fourth-order valence-corrected chi connectivity index (χ4v) is 2.44. The van der Waals surface area contributed by atoms with Crippen LogP contribution in [0.1, 0.15) is 42.7 Å². The van der Waals surface area contributed by atoms with Crippen molar-refractivity contribution in [2.75, 3.05) is 13.2 Å². The molecule has 1 unspecified atom stereocenters. The first-order chi connectivity index (χ1) is 9.02. The van der Waals surface area contributed by atoms with Crippen LogP contribution in [-0.2, 0) is 11.2 Å². The van der Waals surface area contributed by atoms with Gasteiger partial charge in [-0.05, 0) is 38.3 Å². The van der Waals surface area contributed by atoms with Gasteiger partial charge in [0.1, 0.15) is 5.15 Å². The lowest BCUT2D eigenvalue weighted by molar-refractivity contribution is 0.0206. The lowest BCUT2D eigenvalue weighted by Gasteiger charge is -2.23. The van der Waals surface area contributed by atoms with E-state index in [4.69, 9.17) is 16.3 Å². The first-order valence-electron chi connectivity index (χ1n) is 6.61. The Morgan fingerprint density at radius 2 is 2.37 bits per heavy atom. The Morgan fingerprint density at radius 1 is 1.58 bits per heavy atom. The van der Waals surface area contributed by atoms with Crippen molar-refractivity contribution in [1.29, 1.82) is 0 Å². The number of halogens is 1. The Morgan fingerprint density at radius 3 is 3.00 bits per heavy atom. The third-order valence-electron chi connectivity index (χ3n) is 3.39. The standard InChI is InChI=1S/C14H19ClN2O2/c1-3-11-7-10(8-12(15)17-11)13(18)16-9-14(2)5-4-6-19-14/h7-8H,3-6,9H2,1-2H3,(H,16,18). The van der Waals surface area contributed by atoms with Crippen molar-refractivity contribution in [3.05, 3.63) is 28.5 Å². The monoisotopic (exact) mass is 282 g/mol. The summed E-state index contributed by atoms with van der Waals surface area (Å²) in [4.78, 5) is 16.3. The van der Waals surface area contributed by atoms with E-state index in [1.165, 1.54) is 0 Å². The summed E-state index contributed by atoms with van der Waals surface area (Å²) in [5, 5.41) is 3.26. The fourth-order valence-electron chi connectivity index (χ4n) is 2.21. The lowest BCUT2D eigenvalue weighted by Crippen LogP contribution is -2.40. The van der Waals surface area contributed by atoms with Crippen LogP contribution in [0.25, 0.3) is 0 Å². The van der Waals surface area contributed by atoms with Gasteiger partial charge in [-0.1, -0.05) is 18.5 Å². The fraction of sp³-hybridized carbons (Fsp3) is 0.571. The van der Waals surface area contributed by atoms with Crippen molar-refractivity contribution in [2.24, 2.45) is 0 Å². The molecule has 1 aliphatic rings. The van der Waals surface area contributed by atoms with Gasteiger partial charge in [0.25, 0.3) is 5.91 Å². The van der Waals surface area contributed by atoms with Crippen LogP contribution < -0.4 is 5.32 Å². The minimum Gasteiger partial charge on any atom is -0.373 e. The molecule has 0 radical (unpaired) electrons.